The van der Waals surface area contributed by atoms with Crippen molar-refractivity contribution in [1.29, 1.82) is 0 Å². The Bertz CT molecular complexity index is 1150. The lowest BCUT2D eigenvalue weighted by atomic mass is 9.95. The highest BCUT2D eigenvalue weighted by molar-refractivity contribution is 6.30. The summed E-state index contributed by atoms with van der Waals surface area (Å²) in [5.41, 5.74) is 4.51. The van der Waals surface area contributed by atoms with E-state index in [1.165, 1.54) is 16.5 Å². The molecule has 0 fully saturated rings. The normalized spacial score (nSPS) is 13.1. The van der Waals surface area contributed by atoms with Crippen LogP contribution in [0.3, 0.4) is 0 Å². The zero-order chi connectivity index (χ0) is 22.3. The average Bonchev–Trinajstić information content (AvgIpc) is 3.30. The summed E-state index contributed by atoms with van der Waals surface area (Å²) in [6, 6.07) is 26.0. The molecular formula is C27H28ClN3O. The largest absolute Gasteiger partial charge is 0.361 e. The minimum absolute atomic E-state index is 0.0316. The Hall–Kier alpha value is -3.08. The summed E-state index contributed by atoms with van der Waals surface area (Å²) < 4.78 is 0. The quantitative estimate of drug-likeness (QED) is 0.297. The van der Waals surface area contributed by atoms with E-state index in [9.17, 15) is 4.79 Å². The molecule has 1 amide bonds. The highest BCUT2D eigenvalue weighted by atomic mass is 35.5. The summed E-state index contributed by atoms with van der Waals surface area (Å²) in [5.74, 6) is -0.0402. The molecule has 164 valence electrons. The minimum atomic E-state index is -0.427. The van der Waals surface area contributed by atoms with E-state index >= 15 is 0 Å². The predicted octanol–water partition coefficient (Wildman–Crippen LogP) is 5.96. The standard InChI is InChI=1S/C27H28ClN3O/c1-29-27(32)26(20-7-3-2-4-8-20)31-25(9-5-6-19-10-13-23(28)14-11-19)21-12-15-24-22(18-21)16-17-30-24/h2-4,7-8,10-18,25-26,30-31H,5-6,9H2,1H3,(H,29,32)/t25-,26+/m0/s1. The molecule has 0 aliphatic rings. The second-order valence-corrected chi connectivity index (χ2v) is 8.46. The second-order valence-electron chi connectivity index (χ2n) is 8.02. The number of fused-ring (bicyclic) bond motifs is 1. The van der Waals surface area contributed by atoms with Crippen LogP contribution in [0.5, 0.6) is 0 Å². The number of carbonyl (C=O) groups is 1. The lowest BCUT2D eigenvalue weighted by molar-refractivity contribution is -0.123. The van der Waals surface area contributed by atoms with E-state index in [1.807, 2.05) is 48.7 Å². The molecule has 0 unspecified atom stereocenters. The zero-order valence-corrected chi connectivity index (χ0v) is 18.9. The van der Waals surface area contributed by atoms with E-state index in [0.29, 0.717) is 0 Å². The number of aromatic amines is 1. The molecule has 0 saturated heterocycles. The van der Waals surface area contributed by atoms with Gasteiger partial charge in [-0.15, -0.1) is 0 Å². The van der Waals surface area contributed by atoms with Gasteiger partial charge in [-0.25, -0.2) is 0 Å². The Labute approximate surface area is 194 Å². The highest BCUT2D eigenvalue weighted by Gasteiger charge is 2.24. The Morgan fingerprint density at radius 3 is 2.50 bits per heavy atom. The molecule has 0 saturated carbocycles. The molecule has 1 aromatic heterocycles. The first-order valence-electron chi connectivity index (χ1n) is 11.0. The van der Waals surface area contributed by atoms with Gasteiger partial charge >= 0.3 is 0 Å². The number of hydrogen-bond acceptors (Lipinski definition) is 2. The van der Waals surface area contributed by atoms with Gasteiger partial charge in [-0.05, 0) is 71.7 Å². The van der Waals surface area contributed by atoms with Gasteiger partial charge in [0.25, 0.3) is 0 Å². The van der Waals surface area contributed by atoms with E-state index < -0.39 is 6.04 Å². The van der Waals surface area contributed by atoms with Crippen molar-refractivity contribution >= 4 is 28.4 Å². The van der Waals surface area contributed by atoms with Crippen LogP contribution in [0.2, 0.25) is 5.02 Å². The number of rotatable bonds is 9. The summed E-state index contributed by atoms with van der Waals surface area (Å²) in [5, 5.41) is 8.38. The number of H-pyrrole nitrogens is 1. The third kappa shape index (κ3) is 5.39. The molecule has 4 nitrogen and oxygen atoms in total. The number of amides is 1. The van der Waals surface area contributed by atoms with Crippen LogP contribution in [0.15, 0.2) is 85.1 Å². The SMILES string of the molecule is CNC(=O)[C@H](N[C@@H](CCCc1ccc(Cl)cc1)c1ccc2[nH]ccc2c1)c1ccccc1. The molecule has 3 N–H and O–H groups in total. The minimum Gasteiger partial charge on any atom is -0.361 e. The van der Waals surface area contributed by atoms with Crippen molar-refractivity contribution in [2.45, 2.75) is 31.3 Å². The van der Waals surface area contributed by atoms with E-state index in [2.05, 4.69) is 52.0 Å². The smallest absolute Gasteiger partial charge is 0.241 e. The monoisotopic (exact) mass is 445 g/mol. The molecule has 0 spiro atoms. The fourth-order valence-corrected chi connectivity index (χ4v) is 4.24. The Morgan fingerprint density at radius 1 is 0.969 bits per heavy atom. The fourth-order valence-electron chi connectivity index (χ4n) is 4.11. The molecule has 3 aromatic carbocycles. The predicted molar refractivity (Wildman–Crippen MR) is 132 cm³/mol. The van der Waals surface area contributed by atoms with Crippen molar-refractivity contribution < 1.29 is 4.79 Å². The lowest BCUT2D eigenvalue weighted by Crippen LogP contribution is -2.37. The van der Waals surface area contributed by atoms with Gasteiger partial charge in [0.2, 0.25) is 5.91 Å². The Morgan fingerprint density at radius 2 is 1.75 bits per heavy atom. The maximum atomic E-state index is 12.8. The van der Waals surface area contributed by atoms with Crippen molar-refractivity contribution in [3.8, 4) is 0 Å². The lowest BCUT2D eigenvalue weighted by Gasteiger charge is -2.26. The van der Waals surface area contributed by atoms with Crippen LogP contribution in [-0.2, 0) is 11.2 Å². The van der Waals surface area contributed by atoms with Gasteiger partial charge in [-0.1, -0.05) is 60.1 Å². The van der Waals surface area contributed by atoms with E-state index in [0.717, 1.165) is 35.4 Å². The third-order valence-electron chi connectivity index (χ3n) is 5.86. The first-order chi connectivity index (χ1) is 15.6. The molecule has 0 bridgehead atoms. The van der Waals surface area contributed by atoms with Crippen molar-refractivity contribution in [3.05, 3.63) is 107 Å². The number of hydrogen-bond donors (Lipinski definition) is 3. The summed E-state index contributed by atoms with van der Waals surface area (Å²) in [6.45, 7) is 0. The van der Waals surface area contributed by atoms with Crippen molar-refractivity contribution in [1.82, 2.24) is 15.6 Å². The number of aryl methyl sites for hydroxylation is 1. The summed E-state index contributed by atoms with van der Waals surface area (Å²) in [6.07, 6.45) is 4.80. The van der Waals surface area contributed by atoms with E-state index in [-0.39, 0.29) is 11.9 Å². The van der Waals surface area contributed by atoms with Crippen molar-refractivity contribution in [2.75, 3.05) is 7.05 Å². The van der Waals surface area contributed by atoms with Crippen LogP contribution in [0.1, 0.15) is 41.6 Å². The highest BCUT2D eigenvalue weighted by Crippen LogP contribution is 2.27. The number of halogens is 1. The van der Waals surface area contributed by atoms with Gasteiger partial charge in [-0.3, -0.25) is 10.1 Å². The molecule has 0 radical (unpaired) electrons. The Kier molecular flexibility index (Phi) is 7.25. The molecule has 2 atom stereocenters. The summed E-state index contributed by atoms with van der Waals surface area (Å²) in [4.78, 5) is 16.0. The molecule has 0 aliphatic carbocycles. The van der Waals surface area contributed by atoms with E-state index in [1.54, 1.807) is 7.05 Å². The van der Waals surface area contributed by atoms with Crippen LogP contribution in [0, 0.1) is 0 Å². The van der Waals surface area contributed by atoms with Gasteiger partial charge in [0.05, 0.1) is 0 Å². The van der Waals surface area contributed by atoms with Crippen molar-refractivity contribution in [2.24, 2.45) is 0 Å². The van der Waals surface area contributed by atoms with Crippen LogP contribution >= 0.6 is 11.6 Å². The van der Waals surface area contributed by atoms with Crippen molar-refractivity contribution in [3.63, 3.8) is 0 Å². The van der Waals surface area contributed by atoms with Crippen LogP contribution in [0.25, 0.3) is 10.9 Å². The fraction of sp³-hybridized carbons (Fsp3) is 0.222. The molecule has 5 heteroatoms. The number of nitrogens with one attached hydrogen (secondary N) is 3. The maximum Gasteiger partial charge on any atom is 0.241 e. The van der Waals surface area contributed by atoms with Gasteiger partial charge < -0.3 is 10.3 Å². The number of carbonyl (C=O) groups excluding carboxylic acids is 1. The second kappa shape index (κ2) is 10.5. The topological polar surface area (TPSA) is 56.9 Å². The molecule has 4 rings (SSSR count). The number of aromatic nitrogens is 1. The van der Waals surface area contributed by atoms with Crippen LogP contribution in [0.4, 0.5) is 0 Å². The van der Waals surface area contributed by atoms with Gasteiger partial charge in [0.1, 0.15) is 6.04 Å². The van der Waals surface area contributed by atoms with Crippen LogP contribution in [-0.4, -0.2) is 17.9 Å². The zero-order valence-electron chi connectivity index (χ0n) is 18.1. The third-order valence-corrected chi connectivity index (χ3v) is 6.11. The first kappa shape index (κ1) is 22.1. The summed E-state index contributed by atoms with van der Waals surface area (Å²) in [7, 11) is 1.68. The maximum absolute atomic E-state index is 12.8. The number of likely N-dealkylation sites (N-methyl/N-ethyl adjacent to an activating group) is 1. The molecule has 32 heavy (non-hydrogen) atoms. The molecule has 0 aliphatic heterocycles. The van der Waals surface area contributed by atoms with Gasteiger partial charge in [-0.2, -0.15) is 0 Å². The average molecular weight is 446 g/mol. The molecule has 4 aromatic rings. The van der Waals surface area contributed by atoms with Gasteiger partial charge in [0.15, 0.2) is 0 Å². The first-order valence-corrected chi connectivity index (χ1v) is 11.4. The Balaban J connectivity index is 1.58. The number of benzene rings is 3. The molecular weight excluding hydrogens is 418 g/mol. The van der Waals surface area contributed by atoms with E-state index in [4.69, 9.17) is 11.6 Å². The van der Waals surface area contributed by atoms with Crippen LogP contribution < -0.4 is 10.6 Å². The molecule has 1 heterocycles. The van der Waals surface area contributed by atoms with Gasteiger partial charge in [0, 0.05) is 29.8 Å². The summed E-state index contributed by atoms with van der Waals surface area (Å²) >= 11 is 6.02.